The van der Waals surface area contributed by atoms with E-state index in [4.69, 9.17) is 11.6 Å². The van der Waals surface area contributed by atoms with Crippen molar-refractivity contribution in [3.8, 4) is 0 Å². The first-order valence-corrected chi connectivity index (χ1v) is 8.79. The second-order valence-electron chi connectivity index (χ2n) is 4.80. The first-order valence-electron chi connectivity index (χ1n) is 7.42. The lowest BCUT2D eigenvalue weighted by Crippen LogP contribution is -2.26. The maximum absolute atomic E-state index is 12.3. The maximum Gasteiger partial charge on any atom is 0.248 e. The van der Waals surface area contributed by atoms with Crippen molar-refractivity contribution < 1.29 is 4.79 Å². The molecule has 1 rings (SSSR count). The third-order valence-corrected chi connectivity index (χ3v) is 4.20. The molecule has 1 amide bonds. The zero-order valence-electron chi connectivity index (χ0n) is 13.3. The van der Waals surface area contributed by atoms with Crippen molar-refractivity contribution in [2.75, 3.05) is 12.3 Å². The van der Waals surface area contributed by atoms with Crippen LogP contribution in [0, 0.1) is 0 Å². The predicted molar refractivity (Wildman–Crippen MR) is 104 cm³/mol. The van der Waals surface area contributed by atoms with E-state index in [2.05, 4.69) is 18.5 Å². The van der Waals surface area contributed by atoms with Crippen molar-refractivity contribution in [2.45, 2.75) is 13.3 Å². The van der Waals surface area contributed by atoms with Gasteiger partial charge in [0.15, 0.2) is 0 Å². The Kier molecular flexibility index (Phi) is 9.18. The molecule has 23 heavy (non-hydrogen) atoms. The van der Waals surface area contributed by atoms with Gasteiger partial charge in [-0.05, 0) is 30.2 Å². The minimum absolute atomic E-state index is 0.0697. The van der Waals surface area contributed by atoms with Crippen molar-refractivity contribution in [1.29, 1.82) is 0 Å². The second-order valence-corrected chi connectivity index (χ2v) is 6.31. The Hall–Kier alpha value is -1.71. The summed E-state index contributed by atoms with van der Waals surface area (Å²) >= 11 is 7.70. The minimum Gasteiger partial charge on any atom is -0.352 e. The summed E-state index contributed by atoms with van der Waals surface area (Å²) in [7, 11) is 0. The SMILES string of the molecule is C=C/C=C\C(=C)SC/C(=C\c1ccccc1Cl)C(=O)NCCC. The van der Waals surface area contributed by atoms with Crippen LogP contribution in [0.1, 0.15) is 18.9 Å². The first kappa shape index (κ1) is 19.3. The van der Waals surface area contributed by atoms with Gasteiger partial charge >= 0.3 is 0 Å². The molecule has 122 valence electrons. The Balaban J connectivity index is 2.91. The molecular weight excluding hydrogens is 326 g/mol. The van der Waals surface area contributed by atoms with Gasteiger partial charge in [0.05, 0.1) is 0 Å². The van der Waals surface area contributed by atoms with Gasteiger partial charge < -0.3 is 5.32 Å². The Morgan fingerprint density at radius 3 is 2.78 bits per heavy atom. The first-order chi connectivity index (χ1) is 11.1. The van der Waals surface area contributed by atoms with E-state index in [0.29, 0.717) is 22.9 Å². The van der Waals surface area contributed by atoms with Crippen molar-refractivity contribution >= 4 is 35.3 Å². The lowest BCUT2D eigenvalue weighted by molar-refractivity contribution is -0.117. The highest BCUT2D eigenvalue weighted by molar-refractivity contribution is 8.03. The standard InChI is InChI=1S/C19H22ClNOS/c1-4-6-9-15(3)23-14-17(19(22)21-12-5-2)13-16-10-7-8-11-18(16)20/h4,6-11,13H,1,3,5,12,14H2,2H3,(H,21,22)/b9-6-,17-13+. The topological polar surface area (TPSA) is 29.1 Å². The van der Waals surface area contributed by atoms with Gasteiger partial charge in [-0.15, -0.1) is 11.8 Å². The third-order valence-electron chi connectivity index (χ3n) is 2.89. The number of nitrogens with one attached hydrogen (secondary N) is 1. The monoisotopic (exact) mass is 347 g/mol. The van der Waals surface area contributed by atoms with E-state index < -0.39 is 0 Å². The smallest absolute Gasteiger partial charge is 0.248 e. The molecule has 0 spiro atoms. The molecule has 0 saturated heterocycles. The van der Waals surface area contributed by atoms with Gasteiger partial charge in [-0.2, -0.15) is 0 Å². The lowest BCUT2D eigenvalue weighted by Gasteiger charge is -2.09. The highest BCUT2D eigenvalue weighted by Gasteiger charge is 2.10. The summed E-state index contributed by atoms with van der Waals surface area (Å²) in [5.74, 6) is 0.459. The van der Waals surface area contributed by atoms with Gasteiger partial charge in [0.1, 0.15) is 0 Å². The van der Waals surface area contributed by atoms with Crippen LogP contribution < -0.4 is 5.32 Å². The molecule has 0 radical (unpaired) electrons. The molecule has 1 N–H and O–H groups in total. The van der Waals surface area contributed by atoms with Crippen molar-refractivity contribution in [1.82, 2.24) is 5.32 Å². The Morgan fingerprint density at radius 1 is 1.39 bits per heavy atom. The molecule has 0 saturated carbocycles. The summed E-state index contributed by atoms with van der Waals surface area (Å²) < 4.78 is 0. The number of benzene rings is 1. The van der Waals surface area contributed by atoms with Crippen molar-refractivity contribution in [2.24, 2.45) is 0 Å². The molecule has 0 heterocycles. The minimum atomic E-state index is -0.0697. The fourth-order valence-electron chi connectivity index (χ4n) is 1.70. The van der Waals surface area contributed by atoms with E-state index in [1.54, 1.807) is 6.08 Å². The fourth-order valence-corrected chi connectivity index (χ4v) is 2.62. The highest BCUT2D eigenvalue weighted by Crippen LogP contribution is 2.23. The van der Waals surface area contributed by atoms with Crippen LogP contribution in [0.5, 0.6) is 0 Å². The molecule has 0 aliphatic carbocycles. The summed E-state index contributed by atoms with van der Waals surface area (Å²) in [6, 6.07) is 7.48. The van der Waals surface area contributed by atoms with E-state index in [-0.39, 0.29) is 5.91 Å². The molecular formula is C19H22ClNOS. The number of rotatable bonds is 9. The average molecular weight is 348 g/mol. The van der Waals surface area contributed by atoms with Crippen LogP contribution >= 0.6 is 23.4 Å². The third kappa shape index (κ3) is 7.40. The molecule has 0 aromatic heterocycles. The number of amides is 1. The zero-order chi connectivity index (χ0) is 17.1. The molecule has 4 heteroatoms. The van der Waals surface area contributed by atoms with Crippen LogP contribution in [0.15, 0.2) is 66.1 Å². The van der Waals surface area contributed by atoms with E-state index in [1.165, 1.54) is 11.8 Å². The van der Waals surface area contributed by atoms with E-state index >= 15 is 0 Å². The molecule has 2 nitrogen and oxygen atoms in total. The second kappa shape index (κ2) is 10.9. The van der Waals surface area contributed by atoms with Gasteiger partial charge in [-0.3, -0.25) is 4.79 Å². The maximum atomic E-state index is 12.3. The van der Waals surface area contributed by atoms with E-state index in [1.807, 2.05) is 49.4 Å². The molecule has 1 aromatic carbocycles. The largest absolute Gasteiger partial charge is 0.352 e. The molecule has 0 bridgehead atoms. The Labute approximate surface area is 148 Å². The van der Waals surface area contributed by atoms with Crippen LogP contribution in [0.2, 0.25) is 5.02 Å². The average Bonchev–Trinajstić information content (AvgIpc) is 2.56. The van der Waals surface area contributed by atoms with E-state index in [0.717, 1.165) is 16.9 Å². The molecule has 0 aliphatic rings. The van der Waals surface area contributed by atoms with Gasteiger partial charge in [0.25, 0.3) is 0 Å². The molecule has 1 aromatic rings. The van der Waals surface area contributed by atoms with Gasteiger partial charge in [-0.25, -0.2) is 0 Å². The molecule has 0 unspecified atom stereocenters. The van der Waals surface area contributed by atoms with Crippen molar-refractivity contribution in [3.05, 3.63) is 76.7 Å². The fraction of sp³-hybridized carbons (Fsp3) is 0.211. The van der Waals surface area contributed by atoms with Crippen molar-refractivity contribution in [3.63, 3.8) is 0 Å². The Bertz CT molecular complexity index is 620. The number of hydrogen-bond donors (Lipinski definition) is 1. The highest BCUT2D eigenvalue weighted by atomic mass is 35.5. The molecule has 0 aliphatic heterocycles. The predicted octanol–water partition coefficient (Wildman–Crippen LogP) is 5.24. The normalized spacial score (nSPS) is 11.5. The summed E-state index contributed by atoms with van der Waals surface area (Å²) in [4.78, 5) is 13.2. The molecule has 0 atom stereocenters. The van der Waals surface area contributed by atoms with Crippen LogP contribution in [0.3, 0.4) is 0 Å². The van der Waals surface area contributed by atoms with Crippen LogP contribution in [0.25, 0.3) is 6.08 Å². The number of carbonyl (C=O) groups excluding carboxylic acids is 1. The lowest BCUT2D eigenvalue weighted by atomic mass is 10.1. The van der Waals surface area contributed by atoms with Gasteiger partial charge in [0, 0.05) is 27.8 Å². The number of carbonyl (C=O) groups is 1. The molecule has 0 fully saturated rings. The Morgan fingerprint density at radius 2 is 2.13 bits per heavy atom. The number of thioether (sulfide) groups is 1. The summed E-state index contributed by atoms with van der Waals surface area (Å²) in [5, 5.41) is 3.54. The van der Waals surface area contributed by atoms with Gasteiger partial charge in [-0.1, -0.05) is 62.0 Å². The van der Waals surface area contributed by atoms with Crippen LogP contribution in [-0.4, -0.2) is 18.2 Å². The zero-order valence-corrected chi connectivity index (χ0v) is 14.9. The quantitative estimate of drug-likeness (QED) is 0.489. The summed E-state index contributed by atoms with van der Waals surface area (Å²) in [5.41, 5.74) is 1.51. The number of hydrogen-bond acceptors (Lipinski definition) is 2. The van der Waals surface area contributed by atoms with Crippen LogP contribution in [0.4, 0.5) is 0 Å². The van der Waals surface area contributed by atoms with Crippen LogP contribution in [-0.2, 0) is 4.79 Å². The number of allylic oxidation sites excluding steroid dienone is 3. The number of halogens is 1. The summed E-state index contributed by atoms with van der Waals surface area (Å²) in [6.45, 7) is 10.3. The van der Waals surface area contributed by atoms with Gasteiger partial charge in [0.2, 0.25) is 5.91 Å². The summed E-state index contributed by atoms with van der Waals surface area (Å²) in [6.07, 6.45) is 8.12. The van der Waals surface area contributed by atoms with E-state index in [9.17, 15) is 4.79 Å².